The zero-order valence-electron chi connectivity index (χ0n) is 26.8. The van der Waals surface area contributed by atoms with Crippen LogP contribution in [0.3, 0.4) is 0 Å². The highest BCUT2D eigenvalue weighted by atomic mass is 16.6. The van der Waals surface area contributed by atoms with E-state index < -0.39 is 36.3 Å². The highest BCUT2D eigenvalue weighted by Crippen LogP contribution is 2.29. The van der Waals surface area contributed by atoms with Crippen molar-refractivity contribution >= 4 is 17.9 Å². The molecule has 3 amide bonds. The second-order valence-electron chi connectivity index (χ2n) is 12.9. The molecule has 1 aliphatic heterocycles. The second kappa shape index (κ2) is 17.9. The molecule has 0 bridgehead atoms. The molecule has 2 aliphatic rings. The molecular formula is C34H51N5O6. The number of nitrogens with zero attached hydrogens (tertiary/aromatic N) is 2. The number of amides is 3. The van der Waals surface area contributed by atoms with Crippen LogP contribution in [0.25, 0.3) is 0 Å². The molecule has 45 heavy (non-hydrogen) atoms. The van der Waals surface area contributed by atoms with Crippen molar-refractivity contribution < 1.29 is 29.0 Å². The number of morpholine rings is 1. The van der Waals surface area contributed by atoms with Crippen molar-refractivity contribution in [3.05, 3.63) is 54.1 Å². The minimum atomic E-state index is -1.16. The van der Waals surface area contributed by atoms with E-state index in [0.717, 1.165) is 37.7 Å². The van der Waals surface area contributed by atoms with E-state index in [1.165, 1.54) is 17.6 Å². The Morgan fingerprint density at radius 2 is 1.76 bits per heavy atom. The van der Waals surface area contributed by atoms with Crippen molar-refractivity contribution in [2.45, 2.75) is 102 Å². The maximum Gasteiger partial charge on any atom is 0.410 e. The van der Waals surface area contributed by atoms with E-state index in [4.69, 9.17) is 9.47 Å². The summed E-state index contributed by atoms with van der Waals surface area (Å²) in [5.74, 6) is -0.0855. The average molecular weight is 626 g/mol. The third-order valence-electron chi connectivity index (χ3n) is 8.82. The minimum absolute atomic E-state index is 0.152. The topological polar surface area (TPSA) is 146 Å². The molecule has 1 saturated heterocycles. The molecule has 11 nitrogen and oxygen atoms in total. The first kappa shape index (κ1) is 34.4. The standard InChI is InChI=1S/C34H51N5O6/c1-24(2)13-14-30(40)28(19-25-9-5-3-6-10-25)37-32(41)29(21-27-22-35-23-36-27)38-33(42)31(20-26-11-7-4-8-12-26)45-34(43)39-15-17-44-18-16-39/h4,7-8,11-12,22-25,28-31,40H,3,5-6,9-10,13-21H2,1-2H3,(H,35,36)(H,37,41)(H,38,42)/t28?,29-,30?,31?/m0/s1. The lowest BCUT2D eigenvalue weighted by molar-refractivity contribution is -0.135. The SMILES string of the molecule is CC(C)CCC(O)C(CC1CCCCC1)NC(=O)[C@H](Cc1cnc[nH]1)NC(=O)C(Cc1ccccc1)OC(=O)N1CCOCC1. The predicted molar refractivity (Wildman–Crippen MR) is 170 cm³/mol. The molecule has 1 aliphatic carbocycles. The van der Waals surface area contributed by atoms with Crippen molar-refractivity contribution in [2.24, 2.45) is 11.8 Å². The molecule has 1 saturated carbocycles. The molecule has 1 aromatic carbocycles. The van der Waals surface area contributed by atoms with E-state index >= 15 is 0 Å². The van der Waals surface area contributed by atoms with Gasteiger partial charge in [-0.1, -0.05) is 76.3 Å². The Balaban J connectivity index is 1.51. The summed E-state index contributed by atoms with van der Waals surface area (Å²) in [6.45, 7) is 5.81. The smallest absolute Gasteiger partial charge is 0.410 e. The molecule has 4 rings (SSSR count). The molecular weight excluding hydrogens is 574 g/mol. The van der Waals surface area contributed by atoms with Gasteiger partial charge in [0.25, 0.3) is 5.91 Å². The number of aliphatic hydroxyl groups is 1. The number of carbonyl (C=O) groups excluding carboxylic acids is 3. The summed E-state index contributed by atoms with van der Waals surface area (Å²) in [6, 6.07) is 7.92. The number of aromatic amines is 1. The van der Waals surface area contributed by atoms with E-state index in [-0.39, 0.29) is 18.7 Å². The lowest BCUT2D eigenvalue weighted by Crippen LogP contribution is -2.56. The number of hydrogen-bond acceptors (Lipinski definition) is 7. The van der Waals surface area contributed by atoms with Crippen molar-refractivity contribution in [2.75, 3.05) is 26.3 Å². The maximum atomic E-state index is 13.9. The summed E-state index contributed by atoms with van der Waals surface area (Å²) in [4.78, 5) is 49.5. The highest BCUT2D eigenvalue weighted by Gasteiger charge is 2.33. The van der Waals surface area contributed by atoms with Gasteiger partial charge < -0.3 is 35.1 Å². The molecule has 248 valence electrons. The fourth-order valence-electron chi connectivity index (χ4n) is 6.13. The number of aliphatic hydroxyl groups excluding tert-OH is 1. The van der Waals surface area contributed by atoms with Gasteiger partial charge in [0.2, 0.25) is 5.91 Å². The molecule has 4 N–H and O–H groups in total. The van der Waals surface area contributed by atoms with E-state index in [0.29, 0.717) is 56.7 Å². The molecule has 0 spiro atoms. The molecule has 2 aromatic rings. The zero-order valence-corrected chi connectivity index (χ0v) is 26.8. The minimum Gasteiger partial charge on any atom is -0.436 e. The molecule has 4 atom stereocenters. The van der Waals surface area contributed by atoms with Crippen LogP contribution >= 0.6 is 0 Å². The van der Waals surface area contributed by atoms with Gasteiger partial charge >= 0.3 is 6.09 Å². The van der Waals surface area contributed by atoms with Crippen LogP contribution in [0.15, 0.2) is 42.9 Å². The van der Waals surface area contributed by atoms with Gasteiger partial charge in [0.15, 0.2) is 6.10 Å². The van der Waals surface area contributed by atoms with Gasteiger partial charge in [-0.2, -0.15) is 0 Å². The molecule has 1 aromatic heterocycles. The van der Waals surface area contributed by atoms with Crippen LogP contribution in [-0.4, -0.2) is 88.5 Å². The van der Waals surface area contributed by atoms with Gasteiger partial charge in [0.1, 0.15) is 6.04 Å². The van der Waals surface area contributed by atoms with Gasteiger partial charge in [0.05, 0.1) is 31.7 Å². The number of imidazole rings is 1. The number of ether oxygens (including phenoxy) is 2. The number of hydrogen-bond donors (Lipinski definition) is 4. The van der Waals surface area contributed by atoms with Crippen LogP contribution in [0.5, 0.6) is 0 Å². The van der Waals surface area contributed by atoms with Gasteiger partial charge in [0, 0.05) is 37.8 Å². The Bertz CT molecular complexity index is 1170. The quantitative estimate of drug-likeness (QED) is 0.236. The van der Waals surface area contributed by atoms with Crippen molar-refractivity contribution in [1.29, 1.82) is 0 Å². The number of rotatable bonds is 15. The maximum absolute atomic E-state index is 13.9. The summed E-state index contributed by atoms with van der Waals surface area (Å²) in [7, 11) is 0. The fraction of sp³-hybridized carbons (Fsp3) is 0.647. The van der Waals surface area contributed by atoms with Crippen molar-refractivity contribution in [3.8, 4) is 0 Å². The first-order valence-corrected chi connectivity index (χ1v) is 16.6. The number of nitrogens with one attached hydrogen (secondary N) is 3. The lowest BCUT2D eigenvalue weighted by atomic mass is 9.83. The Morgan fingerprint density at radius 3 is 2.42 bits per heavy atom. The summed E-state index contributed by atoms with van der Waals surface area (Å²) >= 11 is 0. The Kier molecular flexibility index (Phi) is 13.7. The van der Waals surface area contributed by atoms with Crippen LogP contribution in [0, 0.1) is 11.8 Å². The van der Waals surface area contributed by atoms with Gasteiger partial charge in [-0.25, -0.2) is 9.78 Å². The third kappa shape index (κ3) is 11.5. The van der Waals surface area contributed by atoms with Crippen LogP contribution in [0.1, 0.15) is 76.5 Å². The zero-order chi connectivity index (χ0) is 32.0. The monoisotopic (exact) mass is 625 g/mol. The van der Waals surface area contributed by atoms with Crippen molar-refractivity contribution in [3.63, 3.8) is 0 Å². The van der Waals surface area contributed by atoms with E-state index in [2.05, 4.69) is 34.4 Å². The first-order chi connectivity index (χ1) is 21.8. The largest absolute Gasteiger partial charge is 0.436 e. The van der Waals surface area contributed by atoms with Gasteiger partial charge in [-0.15, -0.1) is 0 Å². The summed E-state index contributed by atoms with van der Waals surface area (Å²) in [6.07, 6.45) is 8.87. The molecule has 2 heterocycles. The second-order valence-corrected chi connectivity index (χ2v) is 12.9. The Hall–Kier alpha value is -3.44. The van der Waals surface area contributed by atoms with Crippen LogP contribution < -0.4 is 10.6 Å². The van der Waals surface area contributed by atoms with Gasteiger partial charge in [-0.05, 0) is 36.7 Å². The predicted octanol–water partition coefficient (Wildman–Crippen LogP) is 3.77. The Morgan fingerprint density at radius 1 is 1.02 bits per heavy atom. The average Bonchev–Trinajstić information content (AvgIpc) is 3.57. The normalized spacial score (nSPS) is 18.5. The van der Waals surface area contributed by atoms with E-state index in [1.54, 1.807) is 6.20 Å². The number of H-pyrrole nitrogens is 1. The van der Waals surface area contributed by atoms with Crippen LogP contribution in [-0.2, 0) is 31.9 Å². The van der Waals surface area contributed by atoms with E-state index in [1.807, 2.05) is 30.3 Å². The number of benzene rings is 1. The number of aromatic nitrogens is 2. The van der Waals surface area contributed by atoms with E-state index in [9.17, 15) is 19.5 Å². The third-order valence-corrected chi connectivity index (χ3v) is 8.82. The molecule has 2 fully saturated rings. The van der Waals surface area contributed by atoms with Crippen molar-refractivity contribution in [1.82, 2.24) is 25.5 Å². The van der Waals surface area contributed by atoms with Gasteiger partial charge in [-0.3, -0.25) is 9.59 Å². The molecule has 3 unspecified atom stereocenters. The van der Waals surface area contributed by atoms with Crippen LogP contribution in [0.2, 0.25) is 0 Å². The first-order valence-electron chi connectivity index (χ1n) is 16.6. The summed E-state index contributed by atoms with van der Waals surface area (Å²) in [5.41, 5.74) is 1.49. The summed E-state index contributed by atoms with van der Waals surface area (Å²) in [5, 5.41) is 17.2. The van der Waals surface area contributed by atoms with Crippen LogP contribution in [0.4, 0.5) is 4.79 Å². The highest BCUT2D eigenvalue weighted by molar-refractivity contribution is 5.90. The fourth-order valence-corrected chi connectivity index (χ4v) is 6.13. The Labute approximate surface area is 266 Å². The lowest BCUT2D eigenvalue weighted by Gasteiger charge is -2.32. The molecule has 0 radical (unpaired) electrons. The number of carbonyl (C=O) groups is 3. The molecule has 11 heteroatoms. The summed E-state index contributed by atoms with van der Waals surface area (Å²) < 4.78 is 11.1.